The van der Waals surface area contributed by atoms with Crippen LogP contribution >= 0.6 is 0 Å². The molecule has 0 aliphatic heterocycles. The van der Waals surface area contributed by atoms with E-state index in [2.05, 4.69) is 10.0 Å². The number of hydrogen-bond donors (Lipinski definition) is 3. The molecule has 4 N–H and O–H groups in total. The second-order valence-electron chi connectivity index (χ2n) is 4.16. The van der Waals surface area contributed by atoms with Gasteiger partial charge in [-0.3, -0.25) is 4.79 Å². The van der Waals surface area contributed by atoms with E-state index in [0.29, 0.717) is 11.4 Å². The van der Waals surface area contributed by atoms with Crippen LogP contribution in [0, 0.1) is 0 Å². The van der Waals surface area contributed by atoms with Crippen LogP contribution in [-0.4, -0.2) is 21.4 Å². The summed E-state index contributed by atoms with van der Waals surface area (Å²) in [4.78, 5) is 12.0. The summed E-state index contributed by atoms with van der Waals surface area (Å²) in [7, 11) is -2.16. The van der Waals surface area contributed by atoms with Crippen LogP contribution in [0.3, 0.4) is 0 Å². The minimum Gasteiger partial charge on any atom is -0.455 e. The fraction of sp³-hybridized carbons (Fsp3) is 0.154. The van der Waals surface area contributed by atoms with Gasteiger partial charge < -0.3 is 15.5 Å². The van der Waals surface area contributed by atoms with Crippen molar-refractivity contribution < 1.29 is 17.6 Å². The molecule has 0 atom stereocenters. The molecule has 0 spiro atoms. The van der Waals surface area contributed by atoms with Gasteiger partial charge in [-0.2, -0.15) is 0 Å². The van der Waals surface area contributed by atoms with Gasteiger partial charge in [0.05, 0.1) is 11.4 Å². The maximum atomic E-state index is 11.9. The second-order valence-corrected chi connectivity index (χ2v) is 6.04. The molecule has 0 radical (unpaired) electrons. The van der Waals surface area contributed by atoms with E-state index in [0.717, 1.165) is 0 Å². The highest BCUT2D eigenvalue weighted by molar-refractivity contribution is 7.89. The Bertz CT molecular complexity index is 735. The molecule has 0 saturated heterocycles. The lowest BCUT2D eigenvalue weighted by Crippen LogP contribution is -2.18. The number of nitrogens with two attached hydrogens (primary N) is 1. The van der Waals surface area contributed by atoms with Crippen molar-refractivity contribution in [2.45, 2.75) is 11.4 Å². The molecule has 0 aliphatic rings. The second kappa shape index (κ2) is 6.08. The van der Waals surface area contributed by atoms with Crippen LogP contribution in [-0.2, 0) is 16.6 Å². The maximum absolute atomic E-state index is 11.9. The SMILES string of the molecule is CNS(=O)(=O)c1ccc(NC(=O)c2ccc(CN)o2)cc1. The van der Waals surface area contributed by atoms with Crippen LogP contribution in [0.2, 0.25) is 0 Å². The van der Waals surface area contributed by atoms with Crippen molar-refractivity contribution in [3.8, 4) is 0 Å². The minimum atomic E-state index is -3.49. The topological polar surface area (TPSA) is 114 Å². The van der Waals surface area contributed by atoms with Crippen molar-refractivity contribution in [3.63, 3.8) is 0 Å². The summed E-state index contributed by atoms with van der Waals surface area (Å²) < 4.78 is 30.6. The Hall–Kier alpha value is -2.16. The molecule has 2 rings (SSSR count). The largest absolute Gasteiger partial charge is 0.455 e. The predicted octanol–water partition coefficient (Wildman–Crippen LogP) is 0.899. The maximum Gasteiger partial charge on any atom is 0.291 e. The molecule has 1 aromatic carbocycles. The number of anilines is 1. The number of carbonyl (C=O) groups excluding carboxylic acids is 1. The van der Waals surface area contributed by atoms with Gasteiger partial charge in [0.25, 0.3) is 5.91 Å². The third-order valence-corrected chi connectivity index (χ3v) is 4.21. The molecule has 112 valence electrons. The van der Waals surface area contributed by atoms with Gasteiger partial charge in [-0.1, -0.05) is 0 Å². The first-order valence-corrected chi connectivity index (χ1v) is 7.58. The minimum absolute atomic E-state index is 0.117. The van der Waals surface area contributed by atoms with Gasteiger partial charge >= 0.3 is 0 Å². The van der Waals surface area contributed by atoms with Gasteiger partial charge in [0.15, 0.2) is 5.76 Å². The van der Waals surface area contributed by atoms with Gasteiger partial charge in [-0.15, -0.1) is 0 Å². The summed E-state index contributed by atoms with van der Waals surface area (Å²) in [6.07, 6.45) is 0. The molecule has 0 bridgehead atoms. The van der Waals surface area contributed by atoms with Crippen molar-refractivity contribution in [2.24, 2.45) is 5.73 Å². The van der Waals surface area contributed by atoms with Crippen molar-refractivity contribution in [1.29, 1.82) is 0 Å². The summed E-state index contributed by atoms with van der Waals surface area (Å²) in [6.45, 7) is 0.212. The zero-order valence-electron chi connectivity index (χ0n) is 11.3. The number of amides is 1. The van der Waals surface area contributed by atoms with Crippen LogP contribution in [0.4, 0.5) is 5.69 Å². The van der Waals surface area contributed by atoms with E-state index in [-0.39, 0.29) is 17.2 Å². The average Bonchev–Trinajstić information content (AvgIpc) is 2.97. The summed E-state index contributed by atoms with van der Waals surface area (Å²) in [5, 5.41) is 2.60. The Labute approximate surface area is 122 Å². The molecule has 0 aliphatic carbocycles. The number of rotatable bonds is 5. The summed E-state index contributed by atoms with van der Waals surface area (Å²) in [5.41, 5.74) is 5.86. The Morgan fingerprint density at radius 2 is 1.86 bits per heavy atom. The van der Waals surface area contributed by atoms with Crippen LogP contribution in [0.25, 0.3) is 0 Å². The molecule has 1 amide bonds. The van der Waals surface area contributed by atoms with Gasteiger partial charge in [0.1, 0.15) is 5.76 Å². The summed E-state index contributed by atoms with van der Waals surface area (Å²) in [6, 6.07) is 8.93. The van der Waals surface area contributed by atoms with E-state index in [1.54, 1.807) is 6.07 Å². The van der Waals surface area contributed by atoms with Gasteiger partial charge in [-0.25, -0.2) is 13.1 Å². The molecule has 1 heterocycles. The third-order valence-electron chi connectivity index (χ3n) is 2.78. The zero-order valence-corrected chi connectivity index (χ0v) is 12.1. The smallest absolute Gasteiger partial charge is 0.291 e. The van der Waals surface area contributed by atoms with Crippen LogP contribution < -0.4 is 15.8 Å². The highest BCUT2D eigenvalue weighted by atomic mass is 32.2. The number of hydrogen-bond acceptors (Lipinski definition) is 5. The third kappa shape index (κ3) is 3.48. The number of furan rings is 1. The first-order valence-electron chi connectivity index (χ1n) is 6.10. The van der Waals surface area contributed by atoms with Gasteiger partial charge in [0.2, 0.25) is 10.0 Å². The number of carbonyl (C=O) groups is 1. The lowest BCUT2D eigenvalue weighted by molar-refractivity contribution is 0.0995. The first kappa shape index (κ1) is 15.2. The average molecular weight is 309 g/mol. The molecule has 0 unspecified atom stereocenters. The Morgan fingerprint density at radius 1 is 1.19 bits per heavy atom. The lowest BCUT2D eigenvalue weighted by atomic mass is 10.3. The Balaban J connectivity index is 2.11. The van der Waals surface area contributed by atoms with Crippen LogP contribution in [0.5, 0.6) is 0 Å². The van der Waals surface area contributed by atoms with E-state index in [4.69, 9.17) is 10.2 Å². The highest BCUT2D eigenvalue weighted by Crippen LogP contribution is 2.15. The van der Waals surface area contributed by atoms with E-state index in [9.17, 15) is 13.2 Å². The molecule has 1 aromatic heterocycles. The normalized spacial score (nSPS) is 11.3. The van der Waals surface area contributed by atoms with Gasteiger partial charge in [0, 0.05) is 5.69 Å². The first-order chi connectivity index (χ1) is 9.96. The Kier molecular flexibility index (Phi) is 4.41. The monoisotopic (exact) mass is 309 g/mol. The summed E-state index contributed by atoms with van der Waals surface area (Å²) in [5.74, 6) is 0.219. The number of nitrogens with one attached hydrogen (secondary N) is 2. The zero-order chi connectivity index (χ0) is 15.5. The molecule has 7 nitrogen and oxygen atoms in total. The number of benzene rings is 1. The highest BCUT2D eigenvalue weighted by Gasteiger charge is 2.13. The van der Waals surface area contributed by atoms with Crippen LogP contribution in [0.15, 0.2) is 45.7 Å². The van der Waals surface area contributed by atoms with Crippen molar-refractivity contribution >= 4 is 21.6 Å². The van der Waals surface area contributed by atoms with Crippen molar-refractivity contribution in [3.05, 3.63) is 47.9 Å². The molecule has 0 fully saturated rings. The fourth-order valence-electron chi connectivity index (χ4n) is 1.64. The Morgan fingerprint density at radius 3 is 2.38 bits per heavy atom. The molecule has 8 heteroatoms. The van der Waals surface area contributed by atoms with Crippen molar-refractivity contribution in [1.82, 2.24) is 4.72 Å². The molecular weight excluding hydrogens is 294 g/mol. The quantitative estimate of drug-likeness (QED) is 0.759. The number of sulfonamides is 1. The molecule has 21 heavy (non-hydrogen) atoms. The van der Waals surface area contributed by atoms with Gasteiger partial charge in [-0.05, 0) is 43.4 Å². The van der Waals surface area contributed by atoms with E-state index >= 15 is 0 Å². The summed E-state index contributed by atoms with van der Waals surface area (Å²) >= 11 is 0. The van der Waals surface area contributed by atoms with Crippen LogP contribution in [0.1, 0.15) is 16.3 Å². The standard InChI is InChI=1S/C13H15N3O4S/c1-15-21(18,19)11-5-2-9(3-6-11)16-13(17)12-7-4-10(8-14)20-12/h2-7,15H,8,14H2,1H3,(H,16,17). The molecular formula is C13H15N3O4S. The fourth-order valence-corrected chi connectivity index (χ4v) is 2.37. The van der Waals surface area contributed by atoms with Crippen molar-refractivity contribution in [2.75, 3.05) is 12.4 Å². The lowest BCUT2D eigenvalue weighted by Gasteiger charge is -2.05. The van der Waals surface area contributed by atoms with E-state index in [1.165, 1.54) is 37.4 Å². The molecule has 2 aromatic rings. The predicted molar refractivity (Wildman–Crippen MR) is 77.2 cm³/mol. The molecule has 0 saturated carbocycles. The van der Waals surface area contributed by atoms with E-state index < -0.39 is 15.9 Å². The van der Waals surface area contributed by atoms with E-state index in [1.807, 2.05) is 0 Å².